The minimum Gasteiger partial charge on any atom is -0.351 e. The van der Waals surface area contributed by atoms with Crippen molar-refractivity contribution in [2.75, 3.05) is 6.54 Å². The van der Waals surface area contributed by atoms with Gasteiger partial charge in [-0.1, -0.05) is 31.2 Å². The number of fused-ring (bicyclic) bond motifs is 1. The highest BCUT2D eigenvalue weighted by Crippen LogP contribution is 2.29. The molecule has 0 bridgehead atoms. The molecule has 2 heterocycles. The van der Waals surface area contributed by atoms with E-state index in [1.165, 1.54) is 20.7 Å². The van der Waals surface area contributed by atoms with Crippen molar-refractivity contribution in [2.24, 2.45) is 0 Å². The second-order valence-electron chi connectivity index (χ2n) is 5.90. The summed E-state index contributed by atoms with van der Waals surface area (Å²) in [5.41, 5.74) is 4.40. The molecule has 0 atom stereocenters. The van der Waals surface area contributed by atoms with Crippen molar-refractivity contribution >= 4 is 27.5 Å². The molecule has 3 nitrogen and oxygen atoms in total. The van der Waals surface area contributed by atoms with Crippen molar-refractivity contribution in [3.8, 4) is 0 Å². The van der Waals surface area contributed by atoms with E-state index in [1.807, 2.05) is 12.1 Å². The maximum Gasteiger partial charge on any atom is 0.267 e. The van der Waals surface area contributed by atoms with E-state index >= 15 is 0 Å². The van der Waals surface area contributed by atoms with Gasteiger partial charge in [0.25, 0.3) is 5.91 Å². The van der Waals surface area contributed by atoms with Gasteiger partial charge in [-0.05, 0) is 43.5 Å². The molecule has 0 aliphatic carbocycles. The molecule has 0 saturated carbocycles. The Morgan fingerprint density at radius 2 is 2.00 bits per heavy atom. The fourth-order valence-electron chi connectivity index (χ4n) is 2.81. The lowest BCUT2D eigenvalue weighted by molar-refractivity contribution is 0.0945. The van der Waals surface area contributed by atoms with E-state index in [-0.39, 0.29) is 5.91 Å². The molecule has 23 heavy (non-hydrogen) atoms. The number of thiophene rings is 1. The molecule has 0 radical (unpaired) electrons. The first-order chi connectivity index (χ1) is 11.1. The van der Waals surface area contributed by atoms with Gasteiger partial charge in [0, 0.05) is 18.0 Å². The first kappa shape index (κ1) is 15.8. The third kappa shape index (κ3) is 3.17. The molecule has 0 unspecified atom stereocenters. The Morgan fingerprint density at radius 3 is 2.74 bits per heavy atom. The van der Waals surface area contributed by atoms with Gasteiger partial charge < -0.3 is 9.88 Å². The van der Waals surface area contributed by atoms with Gasteiger partial charge in [-0.15, -0.1) is 11.3 Å². The number of carbonyl (C=O) groups excluding carboxylic acids is 1. The van der Waals surface area contributed by atoms with E-state index in [9.17, 15) is 4.79 Å². The van der Waals surface area contributed by atoms with Crippen LogP contribution in [0.25, 0.3) is 10.2 Å². The van der Waals surface area contributed by atoms with Crippen LogP contribution in [0.3, 0.4) is 0 Å². The Kier molecular flexibility index (Phi) is 4.53. The predicted octanol–water partition coefficient (Wildman–Crippen LogP) is 4.51. The Balaban J connectivity index is 2.04. The van der Waals surface area contributed by atoms with Gasteiger partial charge in [-0.3, -0.25) is 4.79 Å². The van der Waals surface area contributed by atoms with Crippen molar-refractivity contribution in [1.29, 1.82) is 0 Å². The van der Waals surface area contributed by atoms with Gasteiger partial charge in [-0.25, -0.2) is 0 Å². The van der Waals surface area contributed by atoms with Crippen LogP contribution in [0.4, 0.5) is 0 Å². The standard InChI is InChI=1S/C19H22N2OS/c1-4-9-20-19(22)17-11-18-16(10-14(3)23-18)21(17)12-15-8-6-5-7-13(15)2/h5-8,10-11H,4,9,12H2,1-3H3,(H,20,22). The monoisotopic (exact) mass is 326 g/mol. The van der Waals surface area contributed by atoms with Crippen LogP contribution >= 0.6 is 11.3 Å². The zero-order chi connectivity index (χ0) is 16.4. The molecule has 3 aromatic rings. The van der Waals surface area contributed by atoms with E-state index in [0.29, 0.717) is 6.54 Å². The van der Waals surface area contributed by atoms with Crippen molar-refractivity contribution in [3.05, 3.63) is 58.1 Å². The maximum absolute atomic E-state index is 12.5. The van der Waals surface area contributed by atoms with E-state index in [0.717, 1.165) is 24.2 Å². The molecule has 120 valence electrons. The van der Waals surface area contributed by atoms with Crippen molar-refractivity contribution in [2.45, 2.75) is 33.7 Å². The summed E-state index contributed by atoms with van der Waals surface area (Å²) in [4.78, 5) is 13.8. The largest absolute Gasteiger partial charge is 0.351 e. The molecule has 1 aromatic carbocycles. The minimum absolute atomic E-state index is 0.0153. The van der Waals surface area contributed by atoms with E-state index in [1.54, 1.807) is 11.3 Å². The van der Waals surface area contributed by atoms with Crippen LogP contribution in [0.15, 0.2) is 36.4 Å². The van der Waals surface area contributed by atoms with Crippen molar-refractivity contribution in [1.82, 2.24) is 9.88 Å². The lowest BCUT2D eigenvalue weighted by Gasteiger charge is -2.12. The second kappa shape index (κ2) is 6.59. The zero-order valence-corrected chi connectivity index (χ0v) is 14.7. The first-order valence-corrected chi connectivity index (χ1v) is 8.84. The first-order valence-electron chi connectivity index (χ1n) is 8.02. The Hall–Kier alpha value is -2.07. The summed E-state index contributed by atoms with van der Waals surface area (Å²) in [6.45, 7) is 7.72. The number of hydrogen-bond acceptors (Lipinski definition) is 2. The van der Waals surface area contributed by atoms with Gasteiger partial charge in [-0.2, -0.15) is 0 Å². The fraction of sp³-hybridized carbons (Fsp3) is 0.316. The smallest absolute Gasteiger partial charge is 0.267 e. The van der Waals surface area contributed by atoms with Gasteiger partial charge in [0.05, 0.1) is 10.2 Å². The second-order valence-corrected chi connectivity index (χ2v) is 7.19. The predicted molar refractivity (Wildman–Crippen MR) is 97.5 cm³/mol. The number of carbonyl (C=O) groups is 1. The molecule has 0 saturated heterocycles. The molecule has 0 aliphatic rings. The molecule has 0 fully saturated rings. The zero-order valence-electron chi connectivity index (χ0n) is 13.8. The summed E-state index contributed by atoms with van der Waals surface area (Å²) in [6.07, 6.45) is 0.942. The molecular weight excluding hydrogens is 304 g/mol. The number of aryl methyl sites for hydroxylation is 2. The Labute approximate surface area is 140 Å². The summed E-state index contributed by atoms with van der Waals surface area (Å²) in [5, 5.41) is 3.00. The SMILES string of the molecule is CCCNC(=O)c1cc2sc(C)cc2n1Cc1ccccc1C. The van der Waals surface area contributed by atoms with Crippen LogP contribution in [0.5, 0.6) is 0 Å². The lowest BCUT2D eigenvalue weighted by atomic mass is 10.1. The van der Waals surface area contributed by atoms with Gasteiger partial charge in [0.1, 0.15) is 5.69 Å². The number of rotatable bonds is 5. The number of benzene rings is 1. The molecule has 0 aliphatic heterocycles. The van der Waals surface area contributed by atoms with E-state index < -0.39 is 0 Å². The molecule has 1 N–H and O–H groups in total. The van der Waals surface area contributed by atoms with Gasteiger partial charge in [0.2, 0.25) is 0 Å². The maximum atomic E-state index is 12.5. The highest BCUT2D eigenvalue weighted by molar-refractivity contribution is 7.19. The molecule has 3 rings (SSSR count). The quantitative estimate of drug-likeness (QED) is 0.735. The topological polar surface area (TPSA) is 34.0 Å². The normalized spacial score (nSPS) is 11.1. The number of amides is 1. The van der Waals surface area contributed by atoms with Crippen LogP contribution in [-0.4, -0.2) is 17.0 Å². The van der Waals surface area contributed by atoms with Gasteiger partial charge in [0.15, 0.2) is 0 Å². The summed E-state index contributed by atoms with van der Waals surface area (Å²) >= 11 is 1.74. The van der Waals surface area contributed by atoms with Gasteiger partial charge >= 0.3 is 0 Å². The molecule has 1 amide bonds. The van der Waals surface area contributed by atoms with Crippen LogP contribution in [-0.2, 0) is 6.54 Å². The molecule has 2 aromatic heterocycles. The summed E-state index contributed by atoms with van der Waals surface area (Å²) in [5.74, 6) is 0.0153. The fourth-order valence-corrected chi connectivity index (χ4v) is 3.77. The van der Waals surface area contributed by atoms with Crippen molar-refractivity contribution in [3.63, 3.8) is 0 Å². The van der Waals surface area contributed by atoms with Crippen LogP contribution in [0, 0.1) is 13.8 Å². The number of hydrogen-bond donors (Lipinski definition) is 1. The summed E-state index contributed by atoms with van der Waals surface area (Å²) in [7, 11) is 0. The van der Waals surface area contributed by atoms with E-state index in [4.69, 9.17) is 0 Å². The van der Waals surface area contributed by atoms with Crippen molar-refractivity contribution < 1.29 is 4.79 Å². The lowest BCUT2D eigenvalue weighted by Crippen LogP contribution is -2.26. The average molecular weight is 326 g/mol. The van der Waals surface area contributed by atoms with Crippen LogP contribution in [0.2, 0.25) is 0 Å². The van der Waals surface area contributed by atoms with Crippen LogP contribution in [0.1, 0.15) is 39.8 Å². The summed E-state index contributed by atoms with van der Waals surface area (Å²) < 4.78 is 3.32. The highest BCUT2D eigenvalue weighted by Gasteiger charge is 2.17. The third-order valence-corrected chi connectivity index (χ3v) is 5.06. The molecule has 4 heteroatoms. The number of nitrogens with zero attached hydrogens (tertiary/aromatic N) is 1. The summed E-state index contributed by atoms with van der Waals surface area (Å²) in [6, 6.07) is 12.6. The number of aromatic nitrogens is 1. The van der Waals surface area contributed by atoms with E-state index in [2.05, 4.69) is 54.9 Å². The molecule has 0 spiro atoms. The minimum atomic E-state index is 0.0153. The Morgan fingerprint density at radius 1 is 1.22 bits per heavy atom. The third-order valence-electron chi connectivity index (χ3n) is 4.07. The average Bonchev–Trinajstić information content (AvgIpc) is 3.04. The number of nitrogens with one attached hydrogen (secondary N) is 1. The Bertz CT molecular complexity index is 844. The van der Waals surface area contributed by atoms with Crippen LogP contribution < -0.4 is 5.32 Å². The molecular formula is C19H22N2OS. The highest BCUT2D eigenvalue weighted by atomic mass is 32.1.